The Balaban J connectivity index is 2.84. The van der Waals surface area contributed by atoms with Gasteiger partial charge >= 0.3 is 0 Å². The zero-order valence-electron chi connectivity index (χ0n) is 7.18. The Morgan fingerprint density at radius 1 is 1.50 bits per heavy atom. The third-order valence-corrected chi connectivity index (χ3v) is 1.62. The van der Waals surface area contributed by atoms with Crippen molar-refractivity contribution < 1.29 is 24.2 Å². The van der Waals surface area contributed by atoms with Gasteiger partial charge in [0, 0.05) is 0 Å². The molecule has 6 heteroatoms. The molecule has 0 radical (unpaired) electrons. The zero-order chi connectivity index (χ0) is 10.6. The molecule has 0 aromatic heterocycles. The number of aryl methyl sites for hydroxylation is 1. The van der Waals surface area contributed by atoms with E-state index in [4.69, 9.17) is 0 Å². The predicted molar refractivity (Wildman–Crippen MR) is 45.7 cm³/mol. The quantitative estimate of drug-likeness (QED) is 0.401. The Kier molecular flexibility index (Phi) is 3.75. The average Bonchev–Trinajstić information content (AvgIpc) is 2.15. The van der Waals surface area contributed by atoms with Crippen molar-refractivity contribution in [3.05, 3.63) is 29.3 Å². The van der Waals surface area contributed by atoms with Gasteiger partial charge in [-0.1, -0.05) is 0 Å². The number of carboxylic acid groups (broad SMARTS) is 1. The normalized spacial score (nSPS) is 9.86. The number of carbonyl (C=O) groups excluding carboxylic acids is 1. The van der Waals surface area contributed by atoms with Gasteiger partial charge in [-0.25, -0.2) is 0 Å². The van der Waals surface area contributed by atoms with E-state index in [1.54, 1.807) is 6.92 Å². The molecule has 0 unspecified atom stereocenters. The van der Waals surface area contributed by atoms with Crippen molar-refractivity contribution in [2.75, 3.05) is 0 Å². The zero-order valence-corrected chi connectivity index (χ0v) is 8.00. The van der Waals surface area contributed by atoms with Crippen molar-refractivity contribution >= 4 is 18.9 Å². The molecule has 0 atom stereocenters. The van der Waals surface area contributed by atoms with Crippen molar-refractivity contribution in [1.82, 2.24) is 0 Å². The van der Waals surface area contributed by atoms with Crippen LogP contribution >= 0.6 is 0 Å². The molecule has 1 aromatic rings. The molecule has 5 nitrogen and oxygen atoms in total. The number of rotatable bonds is 4. The lowest BCUT2D eigenvalue weighted by molar-refractivity contribution is -0.403. The first kappa shape index (κ1) is 10.8. The van der Waals surface area contributed by atoms with E-state index in [1.165, 1.54) is 18.2 Å². The lowest BCUT2D eigenvalue weighted by Crippen LogP contribution is -2.22. The molecule has 0 fully saturated rings. The number of carboxylic acids is 1. The minimum absolute atomic E-state index is 0.0640. The van der Waals surface area contributed by atoms with Crippen LogP contribution in [0.25, 0.3) is 0 Å². The summed E-state index contributed by atoms with van der Waals surface area (Å²) in [7, 11) is 0. The maximum absolute atomic E-state index is 10.5. The van der Waals surface area contributed by atoms with E-state index in [1.807, 2.05) is 0 Å². The highest BCUT2D eigenvalue weighted by molar-refractivity contribution is 7.52. The molecule has 1 aromatic carbocycles. The van der Waals surface area contributed by atoms with Crippen LogP contribution in [-0.2, 0) is 22.3 Å². The summed E-state index contributed by atoms with van der Waals surface area (Å²) >= 11 is 4.01. The molecule has 0 spiro atoms. The highest BCUT2D eigenvalue weighted by atomic mass is 32.1. The van der Waals surface area contributed by atoms with Gasteiger partial charge in [0.2, 0.25) is 0 Å². The van der Waals surface area contributed by atoms with E-state index in [9.17, 15) is 9.90 Å². The van der Waals surface area contributed by atoms with Gasteiger partial charge in [0.25, 0.3) is 0 Å². The summed E-state index contributed by atoms with van der Waals surface area (Å²) in [5.74, 6) is -0.931. The first-order valence-electron chi connectivity index (χ1n) is 3.60. The van der Waals surface area contributed by atoms with Crippen LogP contribution in [0.5, 0.6) is 5.75 Å². The summed E-state index contributed by atoms with van der Waals surface area (Å²) in [6, 6.07) is 4.12. The molecular formula is C8H6O5S-2. The topological polar surface area (TPSA) is 67.8 Å². The molecule has 76 valence electrons. The van der Waals surface area contributed by atoms with E-state index in [0.29, 0.717) is 11.3 Å². The second kappa shape index (κ2) is 4.85. The molecule has 0 aliphatic carbocycles. The third-order valence-electron chi connectivity index (χ3n) is 1.56. The molecule has 0 saturated carbocycles. The van der Waals surface area contributed by atoms with Crippen LogP contribution < -0.4 is 9.99 Å². The van der Waals surface area contributed by atoms with Crippen molar-refractivity contribution in [2.45, 2.75) is 6.92 Å². The van der Waals surface area contributed by atoms with Crippen LogP contribution in [0.4, 0.5) is 0 Å². The van der Waals surface area contributed by atoms with Crippen LogP contribution in [0.3, 0.4) is 0 Å². The highest BCUT2D eigenvalue weighted by Crippen LogP contribution is 2.18. The van der Waals surface area contributed by atoms with E-state index >= 15 is 0 Å². The first-order valence-corrected chi connectivity index (χ1v) is 3.93. The average molecular weight is 214 g/mol. The minimum atomic E-state index is -1.25. The van der Waals surface area contributed by atoms with Crippen molar-refractivity contribution in [2.24, 2.45) is 0 Å². The van der Waals surface area contributed by atoms with E-state index in [-0.39, 0.29) is 5.56 Å². The number of benzene rings is 1. The summed E-state index contributed by atoms with van der Waals surface area (Å²) in [6.07, 6.45) is 0. The standard InChI is InChI=1S/C8H8O5S/c1-5-4-6(8(9)10)2-3-7(5)11-12-13-14/h2-4,14H,1H3,(H,9,10)/p-2. The summed E-state index contributed by atoms with van der Waals surface area (Å²) in [5.41, 5.74) is 0.632. The van der Waals surface area contributed by atoms with Gasteiger partial charge in [0.1, 0.15) is 0 Å². The van der Waals surface area contributed by atoms with Gasteiger partial charge in [-0.3, -0.25) is 0 Å². The summed E-state index contributed by atoms with van der Waals surface area (Å²) in [6.45, 7) is 1.65. The Morgan fingerprint density at radius 2 is 2.21 bits per heavy atom. The molecule has 0 heterocycles. The fraction of sp³-hybridized carbons (Fsp3) is 0.125. The molecule has 0 saturated heterocycles. The summed E-state index contributed by atoms with van der Waals surface area (Å²) in [4.78, 5) is 15.0. The predicted octanol–water partition coefficient (Wildman–Crippen LogP) is 0.0624. The molecule has 0 aliphatic heterocycles. The number of hydrogen-bond acceptors (Lipinski definition) is 6. The lowest BCUT2D eigenvalue weighted by atomic mass is 10.1. The Bertz CT molecular complexity index is 339. The minimum Gasteiger partial charge on any atom is -0.578 e. The SMILES string of the molecule is Cc1cc(C(=O)[O-])ccc1OOO[S-]. The van der Waals surface area contributed by atoms with Crippen LogP contribution in [0, 0.1) is 6.92 Å². The molecule has 0 bridgehead atoms. The van der Waals surface area contributed by atoms with E-state index in [0.717, 1.165) is 0 Å². The van der Waals surface area contributed by atoms with Crippen molar-refractivity contribution in [3.63, 3.8) is 0 Å². The summed E-state index contributed by atoms with van der Waals surface area (Å²) in [5, 5.41) is 14.5. The van der Waals surface area contributed by atoms with Gasteiger partial charge in [0.05, 0.1) is 5.97 Å². The number of aromatic carboxylic acids is 1. The lowest BCUT2D eigenvalue weighted by Gasteiger charge is -2.10. The van der Waals surface area contributed by atoms with Crippen LogP contribution in [-0.4, -0.2) is 5.97 Å². The molecule has 0 amide bonds. The van der Waals surface area contributed by atoms with Gasteiger partial charge in [0.15, 0.2) is 5.75 Å². The van der Waals surface area contributed by atoms with Gasteiger partial charge in [-0.05, 0) is 41.3 Å². The van der Waals surface area contributed by atoms with Crippen LogP contribution in [0.2, 0.25) is 0 Å². The monoisotopic (exact) mass is 214 g/mol. The molecule has 0 aliphatic rings. The maximum atomic E-state index is 10.5. The Labute approximate surface area is 85.7 Å². The fourth-order valence-electron chi connectivity index (χ4n) is 0.920. The third kappa shape index (κ3) is 2.63. The first-order chi connectivity index (χ1) is 6.65. The van der Waals surface area contributed by atoms with Gasteiger partial charge in [-0.2, -0.15) is 0 Å². The number of carbonyl (C=O) groups is 1. The maximum Gasteiger partial charge on any atom is 0.171 e. The highest BCUT2D eigenvalue weighted by Gasteiger charge is 2.02. The van der Waals surface area contributed by atoms with E-state index < -0.39 is 5.97 Å². The van der Waals surface area contributed by atoms with Gasteiger partial charge < -0.3 is 32.0 Å². The summed E-state index contributed by atoms with van der Waals surface area (Å²) < 4.78 is 3.81. The smallest absolute Gasteiger partial charge is 0.171 e. The Morgan fingerprint density at radius 3 is 2.71 bits per heavy atom. The molecule has 0 N–H and O–H groups in total. The molecule has 14 heavy (non-hydrogen) atoms. The second-order valence-electron chi connectivity index (χ2n) is 2.49. The second-order valence-corrected chi connectivity index (χ2v) is 2.62. The van der Waals surface area contributed by atoms with Crippen LogP contribution in [0.1, 0.15) is 15.9 Å². The number of hydrogen-bond donors (Lipinski definition) is 0. The fourth-order valence-corrected chi connectivity index (χ4v) is 0.948. The van der Waals surface area contributed by atoms with E-state index in [2.05, 4.69) is 27.2 Å². The molecule has 1 rings (SSSR count). The van der Waals surface area contributed by atoms with Crippen molar-refractivity contribution in [1.29, 1.82) is 0 Å². The molecular weight excluding hydrogens is 208 g/mol. The van der Waals surface area contributed by atoms with Crippen LogP contribution in [0.15, 0.2) is 18.2 Å². The Hall–Kier alpha value is -1.24. The largest absolute Gasteiger partial charge is 0.578 e. The van der Waals surface area contributed by atoms with Crippen molar-refractivity contribution in [3.8, 4) is 5.75 Å². The van der Waals surface area contributed by atoms with Gasteiger partial charge in [-0.15, -0.1) is 0 Å².